The minimum absolute atomic E-state index is 0.159. The fraction of sp³-hybridized carbons (Fsp3) is 0.818. The summed E-state index contributed by atoms with van der Waals surface area (Å²) in [6, 6.07) is 0. The summed E-state index contributed by atoms with van der Waals surface area (Å²) in [4.78, 5) is 21.3. The Morgan fingerprint density at radius 3 is 2.43 bits per heavy atom. The lowest BCUT2D eigenvalue weighted by Gasteiger charge is -2.20. The Morgan fingerprint density at radius 1 is 1.29 bits per heavy atom. The number of unbranched alkanes of at least 4 members (excludes halogenated alkanes) is 3. The third-order valence-electron chi connectivity index (χ3n) is 2.36. The van der Waals surface area contributed by atoms with Gasteiger partial charge < -0.3 is 9.53 Å². The molecule has 0 N–H and O–H groups in total. The molecule has 0 aromatic carbocycles. The molecular formula is C11H20O3. The topological polar surface area (TPSA) is 43.4 Å². The number of esters is 1. The summed E-state index contributed by atoms with van der Waals surface area (Å²) in [5, 5.41) is 0. The Morgan fingerprint density at radius 2 is 1.93 bits per heavy atom. The van der Waals surface area contributed by atoms with Crippen LogP contribution in [0.1, 0.15) is 46.0 Å². The first-order valence-electron chi connectivity index (χ1n) is 5.06. The fourth-order valence-corrected chi connectivity index (χ4v) is 1.35. The molecule has 3 nitrogen and oxygen atoms in total. The Bertz CT molecular complexity index is 185. The third-order valence-corrected chi connectivity index (χ3v) is 2.36. The number of methoxy groups -OCH3 is 1. The molecule has 0 atom stereocenters. The molecule has 0 rings (SSSR count). The van der Waals surface area contributed by atoms with Crippen molar-refractivity contribution in [2.24, 2.45) is 5.41 Å². The molecule has 0 aliphatic rings. The zero-order valence-corrected chi connectivity index (χ0v) is 9.34. The molecule has 14 heavy (non-hydrogen) atoms. The number of aldehydes is 1. The number of hydrogen-bond acceptors (Lipinski definition) is 3. The summed E-state index contributed by atoms with van der Waals surface area (Å²) in [6.45, 7) is 3.77. The van der Waals surface area contributed by atoms with E-state index in [0.717, 1.165) is 32.0 Å². The first kappa shape index (κ1) is 13.1. The van der Waals surface area contributed by atoms with Crippen LogP contribution in [0, 0.1) is 5.41 Å². The van der Waals surface area contributed by atoms with Crippen molar-refractivity contribution in [1.82, 2.24) is 0 Å². The molecule has 0 aromatic heterocycles. The van der Waals surface area contributed by atoms with Crippen LogP contribution in [-0.4, -0.2) is 19.4 Å². The Labute approximate surface area is 85.8 Å². The maximum Gasteiger partial charge on any atom is 0.311 e. The maximum absolute atomic E-state index is 11.3. The average Bonchev–Trinajstić information content (AvgIpc) is 2.16. The van der Waals surface area contributed by atoms with Crippen LogP contribution in [0.15, 0.2) is 0 Å². The van der Waals surface area contributed by atoms with E-state index in [1.54, 1.807) is 0 Å². The molecule has 0 saturated carbocycles. The first-order valence-corrected chi connectivity index (χ1v) is 5.06. The highest BCUT2D eigenvalue weighted by Crippen LogP contribution is 2.25. The minimum Gasteiger partial charge on any atom is -0.469 e. The standard InChI is InChI=1S/C11H20O3/c1-11(2,10(13)14-3)8-6-4-5-7-9-12/h9H,4-8H2,1-3H3. The van der Waals surface area contributed by atoms with Gasteiger partial charge in [-0.1, -0.05) is 12.8 Å². The van der Waals surface area contributed by atoms with Gasteiger partial charge >= 0.3 is 5.97 Å². The smallest absolute Gasteiger partial charge is 0.311 e. The van der Waals surface area contributed by atoms with E-state index in [9.17, 15) is 9.59 Å². The van der Waals surface area contributed by atoms with Crippen LogP contribution in [-0.2, 0) is 14.3 Å². The van der Waals surface area contributed by atoms with E-state index in [0.29, 0.717) is 6.42 Å². The van der Waals surface area contributed by atoms with Crippen LogP contribution < -0.4 is 0 Å². The van der Waals surface area contributed by atoms with Crippen LogP contribution in [0.5, 0.6) is 0 Å². The fourth-order valence-electron chi connectivity index (χ4n) is 1.35. The van der Waals surface area contributed by atoms with Gasteiger partial charge in [-0.2, -0.15) is 0 Å². The SMILES string of the molecule is COC(=O)C(C)(C)CCCCCC=O. The normalized spacial score (nSPS) is 11.1. The van der Waals surface area contributed by atoms with Crippen molar-refractivity contribution in [3.63, 3.8) is 0 Å². The van der Waals surface area contributed by atoms with Gasteiger partial charge in [0.25, 0.3) is 0 Å². The van der Waals surface area contributed by atoms with Crippen LogP contribution in [0.25, 0.3) is 0 Å². The highest BCUT2D eigenvalue weighted by atomic mass is 16.5. The monoisotopic (exact) mass is 200 g/mol. The minimum atomic E-state index is -0.393. The number of rotatable bonds is 7. The molecule has 0 radical (unpaired) electrons. The van der Waals surface area contributed by atoms with Gasteiger partial charge in [-0.05, 0) is 26.7 Å². The number of ether oxygens (including phenoxy) is 1. The molecule has 0 saturated heterocycles. The van der Waals surface area contributed by atoms with Crippen LogP contribution in [0.3, 0.4) is 0 Å². The zero-order chi connectivity index (χ0) is 11.0. The maximum atomic E-state index is 11.3. The molecule has 0 spiro atoms. The van der Waals surface area contributed by atoms with Gasteiger partial charge in [0.15, 0.2) is 0 Å². The second-order valence-electron chi connectivity index (χ2n) is 4.14. The van der Waals surface area contributed by atoms with E-state index in [1.165, 1.54) is 7.11 Å². The molecule has 82 valence electrons. The molecule has 0 unspecified atom stereocenters. The van der Waals surface area contributed by atoms with Crippen molar-refractivity contribution in [3.8, 4) is 0 Å². The largest absolute Gasteiger partial charge is 0.469 e. The molecule has 0 bridgehead atoms. The van der Waals surface area contributed by atoms with Crippen molar-refractivity contribution in [3.05, 3.63) is 0 Å². The Kier molecular flexibility index (Phi) is 6.17. The molecule has 0 heterocycles. The molecule has 0 aromatic rings. The van der Waals surface area contributed by atoms with Crippen LogP contribution >= 0.6 is 0 Å². The van der Waals surface area contributed by atoms with Gasteiger partial charge in [-0.25, -0.2) is 0 Å². The van der Waals surface area contributed by atoms with Crippen molar-refractivity contribution >= 4 is 12.3 Å². The van der Waals surface area contributed by atoms with Crippen molar-refractivity contribution in [2.75, 3.05) is 7.11 Å². The van der Waals surface area contributed by atoms with E-state index in [2.05, 4.69) is 0 Å². The van der Waals surface area contributed by atoms with E-state index in [4.69, 9.17) is 4.74 Å². The van der Waals surface area contributed by atoms with Crippen molar-refractivity contribution in [2.45, 2.75) is 46.0 Å². The first-order chi connectivity index (χ1) is 6.54. The summed E-state index contributed by atoms with van der Waals surface area (Å²) >= 11 is 0. The van der Waals surface area contributed by atoms with Gasteiger partial charge in [-0.3, -0.25) is 4.79 Å². The second-order valence-corrected chi connectivity index (χ2v) is 4.14. The highest BCUT2D eigenvalue weighted by molar-refractivity contribution is 5.75. The summed E-state index contributed by atoms with van der Waals surface area (Å²) in [6.07, 6.45) is 5.26. The number of hydrogen-bond donors (Lipinski definition) is 0. The predicted molar refractivity (Wildman–Crippen MR) is 54.9 cm³/mol. The highest BCUT2D eigenvalue weighted by Gasteiger charge is 2.27. The van der Waals surface area contributed by atoms with Crippen molar-refractivity contribution in [1.29, 1.82) is 0 Å². The molecule has 0 amide bonds. The summed E-state index contributed by atoms with van der Waals surface area (Å²) < 4.78 is 4.70. The quantitative estimate of drug-likeness (QED) is 0.360. The number of carbonyl (C=O) groups is 2. The Balaban J connectivity index is 3.65. The Hall–Kier alpha value is -0.860. The van der Waals surface area contributed by atoms with Crippen LogP contribution in [0.4, 0.5) is 0 Å². The summed E-state index contributed by atoms with van der Waals surface area (Å²) in [5.41, 5.74) is -0.393. The van der Waals surface area contributed by atoms with E-state index < -0.39 is 5.41 Å². The van der Waals surface area contributed by atoms with Gasteiger partial charge in [0.05, 0.1) is 12.5 Å². The zero-order valence-electron chi connectivity index (χ0n) is 9.34. The molecule has 3 heteroatoms. The lowest BCUT2D eigenvalue weighted by atomic mass is 9.87. The van der Waals surface area contributed by atoms with E-state index >= 15 is 0 Å². The molecule has 0 aliphatic carbocycles. The van der Waals surface area contributed by atoms with Gasteiger partial charge in [-0.15, -0.1) is 0 Å². The van der Waals surface area contributed by atoms with Gasteiger partial charge in [0.1, 0.15) is 6.29 Å². The van der Waals surface area contributed by atoms with Crippen LogP contribution in [0.2, 0.25) is 0 Å². The summed E-state index contributed by atoms with van der Waals surface area (Å²) in [5.74, 6) is -0.159. The molecular weight excluding hydrogens is 180 g/mol. The van der Waals surface area contributed by atoms with E-state index in [1.807, 2.05) is 13.8 Å². The molecule has 0 fully saturated rings. The summed E-state index contributed by atoms with van der Waals surface area (Å²) in [7, 11) is 1.41. The lowest BCUT2D eigenvalue weighted by molar-refractivity contribution is -0.151. The van der Waals surface area contributed by atoms with Gasteiger partial charge in [0.2, 0.25) is 0 Å². The number of carbonyl (C=O) groups excluding carboxylic acids is 2. The lowest BCUT2D eigenvalue weighted by Crippen LogP contribution is -2.25. The molecule has 0 aliphatic heterocycles. The van der Waals surface area contributed by atoms with Gasteiger partial charge in [0, 0.05) is 6.42 Å². The van der Waals surface area contributed by atoms with Crippen molar-refractivity contribution < 1.29 is 14.3 Å². The third kappa shape index (κ3) is 5.00. The van der Waals surface area contributed by atoms with E-state index in [-0.39, 0.29) is 5.97 Å². The second kappa shape index (κ2) is 6.57. The average molecular weight is 200 g/mol. The predicted octanol–water partition coefficient (Wildman–Crippen LogP) is 2.33.